The number of nitrogens with one attached hydrogen (secondary N) is 2. The number of amides is 2. The van der Waals surface area contributed by atoms with E-state index in [1.165, 1.54) is 5.56 Å². The zero-order chi connectivity index (χ0) is 25.1. The van der Waals surface area contributed by atoms with E-state index >= 15 is 0 Å². The Morgan fingerprint density at radius 3 is 2.47 bits per heavy atom. The van der Waals surface area contributed by atoms with Gasteiger partial charge >= 0.3 is 11.8 Å². The number of anilines is 3. The van der Waals surface area contributed by atoms with Gasteiger partial charge in [0.2, 0.25) is 0 Å². The van der Waals surface area contributed by atoms with Gasteiger partial charge in [0.1, 0.15) is 13.2 Å². The van der Waals surface area contributed by atoms with Crippen molar-refractivity contribution in [2.45, 2.75) is 12.5 Å². The van der Waals surface area contributed by atoms with E-state index in [1.54, 1.807) is 18.2 Å². The average Bonchev–Trinajstić information content (AvgIpc) is 3.33. The lowest BCUT2D eigenvalue weighted by atomic mass is 10.0. The van der Waals surface area contributed by atoms with Gasteiger partial charge in [-0.05, 0) is 47.9 Å². The van der Waals surface area contributed by atoms with Gasteiger partial charge in [-0.3, -0.25) is 9.59 Å². The van der Waals surface area contributed by atoms with Crippen LogP contribution in [0, 0.1) is 0 Å². The zero-order valence-electron chi connectivity index (χ0n) is 20.5. The summed E-state index contributed by atoms with van der Waals surface area (Å²) in [6.07, 6.45) is 0.945. The number of para-hydroxylation sites is 1. The average molecular weight is 487 g/mol. The minimum Gasteiger partial charge on any atom is -0.486 e. The fourth-order valence-corrected chi connectivity index (χ4v) is 4.67. The van der Waals surface area contributed by atoms with Gasteiger partial charge in [-0.25, -0.2) is 0 Å². The second-order valence-electron chi connectivity index (χ2n) is 9.10. The summed E-state index contributed by atoms with van der Waals surface area (Å²) < 4.78 is 11.1. The predicted octanol–water partition coefficient (Wildman–Crippen LogP) is 3.38. The van der Waals surface area contributed by atoms with Crippen LogP contribution in [0.4, 0.5) is 17.1 Å². The standard InChI is InChI=1S/C28H30N4O4/c1-31(2)22-10-7-20(8-11-22)24(32-14-13-19-5-3-4-6-23(19)32)18-29-27(33)28(34)30-21-9-12-25-26(17-21)36-16-15-35-25/h3-12,17,24H,13-16,18H2,1-2H3,(H,29,33)(H,30,34)/t24-/m0/s1. The highest BCUT2D eigenvalue weighted by molar-refractivity contribution is 6.39. The highest BCUT2D eigenvalue weighted by atomic mass is 16.6. The Labute approximate surface area is 210 Å². The molecular formula is C28H30N4O4. The van der Waals surface area contributed by atoms with E-state index in [0.29, 0.717) is 36.9 Å². The lowest BCUT2D eigenvalue weighted by Gasteiger charge is -2.31. The highest BCUT2D eigenvalue weighted by Crippen LogP contribution is 2.35. The van der Waals surface area contributed by atoms with Crippen LogP contribution in [0.3, 0.4) is 0 Å². The Morgan fingerprint density at radius 2 is 1.69 bits per heavy atom. The van der Waals surface area contributed by atoms with E-state index in [1.807, 2.05) is 31.1 Å². The molecule has 0 fully saturated rings. The summed E-state index contributed by atoms with van der Waals surface area (Å²) in [5.74, 6) is -0.242. The van der Waals surface area contributed by atoms with Crippen LogP contribution in [0.15, 0.2) is 66.7 Å². The number of hydrogen-bond donors (Lipinski definition) is 2. The van der Waals surface area contributed by atoms with E-state index in [9.17, 15) is 9.59 Å². The first-order valence-corrected chi connectivity index (χ1v) is 12.1. The first-order chi connectivity index (χ1) is 17.5. The van der Waals surface area contributed by atoms with E-state index in [-0.39, 0.29) is 6.04 Å². The molecule has 186 valence electrons. The van der Waals surface area contributed by atoms with Gasteiger partial charge in [0.05, 0.1) is 6.04 Å². The minimum atomic E-state index is -0.727. The molecule has 0 radical (unpaired) electrons. The molecule has 0 saturated heterocycles. The smallest absolute Gasteiger partial charge is 0.313 e. The Kier molecular flexibility index (Phi) is 6.66. The van der Waals surface area contributed by atoms with Gasteiger partial charge in [-0.2, -0.15) is 0 Å². The normalized spacial score (nSPS) is 14.6. The van der Waals surface area contributed by atoms with E-state index in [0.717, 1.165) is 29.9 Å². The molecule has 0 aromatic heterocycles. The summed E-state index contributed by atoms with van der Waals surface area (Å²) in [4.78, 5) is 29.8. The largest absolute Gasteiger partial charge is 0.486 e. The number of nitrogens with zero attached hydrogens (tertiary/aromatic N) is 2. The Bertz CT molecular complexity index is 1260. The van der Waals surface area contributed by atoms with Crippen LogP contribution in [0.1, 0.15) is 17.2 Å². The molecule has 8 heteroatoms. The van der Waals surface area contributed by atoms with Gasteiger partial charge in [-0.15, -0.1) is 0 Å². The summed E-state index contributed by atoms with van der Waals surface area (Å²) in [6, 6.07) is 21.6. The van der Waals surface area contributed by atoms with Crippen molar-refractivity contribution in [1.29, 1.82) is 0 Å². The SMILES string of the molecule is CN(C)c1ccc([C@H](CNC(=O)C(=O)Nc2ccc3c(c2)OCCO3)N2CCc3ccccc32)cc1. The van der Waals surface area contributed by atoms with Gasteiger partial charge in [0.25, 0.3) is 0 Å². The van der Waals surface area contributed by atoms with Crippen LogP contribution >= 0.6 is 0 Å². The number of rotatable bonds is 6. The quantitative estimate of drug-likeness (QED) is 0.520. The van der Waals surface area contributed by atoms with Crippen LogP contribution in [-0.2, 0) is 16.0 Å². The molecule has 0 saturated carbocycles. The van der Waals surface area contributed by atoms with Gasteiger partial charge in [0.15, 0.2) is 11.5 Å². The molecule has 2 amide bonds. The monoisotopic (exact) mass is 486 g/mol. The summed E-state index contributed by atoms with van der Waals surface area (Å²) in [7, 11) is 4.01. The lowest BCUT2D eigenvalue weighted by molar-refractivity contribution is -0.136. The number of carbonyl (C=O) groups excluding carboxylic acids is 2. The molecule has 2 N–H and O–H groups in total. The number of fused-ring (bicyclic) bond motifs is 2. The van der Waals surface area contributed by atoms with Gasteiger partial charge in [0, 0.05) is 50.3 Å². The fourth-order valence-electron chi connectivity index (χ4n) is 4.67. The number of benzene rings is 3. The van der Waals surface area contributed by atoms with Gasteiger partial charge < -0.3 is 29.9 Å². The second kappa shape index (κ2) is 10.2. The molecule has 0 unspecified atom stereocenters. The maximum absolute atomic E-state index is 12.8. The van der Waals surface area contributed by atoms with Crippen molar-refractivity contribution in [2.24, 2.45) is 0 Å². The van der Waals surface area contributed by atoms with Crippen molar-refractivity contribution >= 4 is 28.9 Å². The van der Waals surface area contributed by atoms with Crippen molar-refractivity contribution in [2.75, 3.05) is 55.5 Å². The molecule has 0 aliphatic carbocycles. The zero-order valence-corrected chi connectivity index (χ0v) is 20.5. The second-order valence-corrected chi connectivity index (χ2v) is 9.10. The molecule has 3 aromatic carbocycles. The molecule has 1 atom stereocenters. The minimum absolute atomic E-state index is 0.115. The van der Waals surface area contributed by atoms with Crippen LogP contribution < -0.4 is 29.9 Å². The summed E-state index contributed by atoms with van der Waals surface area (Å²) in [5, 5.41) is 5.50. The topological polar surface area (TPSA) is 83.1 Å². The Morgan fingerprint density at radius 1 is 0.944 bits per heavy atom. The van der Waals surface area contributed by atoms with Crippen LogP contribution in [0.2, 0.25) is 0 Å². The third kappa shape index (κ3) is 4.93. The Hall–Kier alpha value is -4.20. The molecule has 2 aliphatic rings. The molecule has 2 heterocycles. The maximum atomic E-state index is 12.8. The number of carbonyl (C=O) groups is 2. The third-order valence-electron chi connectivity index (χ3n) is 6.56. The highest BCUT2D eigenvalue weighted by Gasteiger charge is 2.28. The third-order valence-corrected chi connectivity index (χ3v) is 6.56. The van der Waals surface area contributed by atoms with Crippen molar-refractivity contribution < 1.29 is 19.1 Å². The van der Waals surface area contributed by atoms with E-state index in [2.05, 4.69) is 51.9 Å². The Balaban J connectivity index is 1.30. The first-order valence-electron chi connectivity index (χ1n) is 12.1. The fraction of sp³-hybridized carbons (Fsp3) is 0.286. The summed E-state index contributed by atoms with van der Waals surface area (Å²) >= 11 is 0. The molecule has 2 aliphatic heterocycles. The van der Waals surface area contributed by atoms with Crippen LogP contribution in [0.25, 0.3) is 0 Å². The molecule has 36 heavy (non-hydrogen) atoms. The molecule has 5 rings (SSSR count). The van der Waals surface area contributed by atoms with Crippen molar-refractivity contribution in [3.05, 3.63) is 77.9 Å². The van der Waals surface area contributed by atoms with E-state index in [4.69, 9.17) is 9.47 Å². The van der Waals surface area contributed by atoms with Crippen molar-refractivity contribution in [1.82, 2.24) is 5.32 Å². The maximum Gasteiger partial charge on any atom is 0.313 e. The lowest BCUT2D eigenvalue weighted by Crippen LogP contribution is -2.41. The predicted molar refractivity (Wildman–Crippen MR) is 140 cm³/mol. The molecule has 3 aromatic rings. The first kappa shape index (κ1) is 23.5. The van der Waals surface area contributed by atoms with E-state index < -0.39 is 11.8 Å². The summed E-state index contributed by atoms with van der Waals surface area (Å²) in [6.45, 7) is 2.07. The number of hydrogen-bond acceptors (Lipinski definition) is 6. The molecule has 8 nitrogen and oxygen atoms in total. The number of ether oxygens (including phenoxy) is 2. The van der Waals surface area contributed by atoms with Gasteiger partial charge in [-0.1, -0.05) is 30.3 Å². The molecule has 0 bridgehead atoms. The molecular weight excluding hydrogens is 456 g/mol. The van der Waals surface area contributed by atoms with Crippen molar-refractivity contribution in [3.63, 3.8) is 0 Å². The molecule has 0 spiro atoms. The summed E-state index contributed by atoms with van der Waals surface area (Å²) in [5.41, 5.74) is 5.10. The van der Waals surface area contributed by atoms with Crippen LogP contribution in [0.5, 0.6) is 11.5 Å². The van der Waals surface area contributed by atoms with Crippen LogP contribution in [-0.4, -0.2) is 52.2 Å². The van der Waals surface area contributed by atoms with Crippen molar-refractivity contribution in [3.8, 4) is 11.5 Å².